The van der Waals surface area contributed by atoms with Gasteiger partial charge in [-0.05, 0) is 25.0 Å². The molecule has 0 aromatic carbocycles. The van der Waals surface area contributed by atoms with Gasteiger partial charge in [0, 0.05) is 19.3 Å². The number of β-amino-alcohol motifs (C(OH)–C–C–N with tert-alkyl or cyclic N) is 1. The first kappa shape index (κ1) is 11.5. The van der Waals surface area contributed by atoms with Crippen molar-refractivity contribution in [2.24, 2.45) is 0 Å². The zero-order valence-electron chi connectivity index (χ0n) is 10.2. The van der Waals surface area contributed by atoms with Crippen molar-refractivity contribution in [3.8, 4) is 0 Å². The molecule has 2 aromatic heterocycles. The van der Waals surface area contributed by atoms with Crippen LogP contribution in [0, 0.1) is 0 Å². The Morgan fingerprint density at radius 1 is 1.39 bits per heavy atom. The van der Waals surface area contributed by atoms with Gasteiger partial charge in [-0.3, -0.25) is 4.40 Å². The van der Waals surface area contributed by atoms with Crippen LogP contribution in [0.2, 0.25) is 0 Å². The van der Waals surface area contributed by atoms with E-state index in [9.17, 15) is 10.2 Å². The Bertz CT molecular complexity index is 552. The number of anilines is 1. The molecule has 0 spiro atoms. The first-order valence-corrected chi connectivity index (χ1v) is 6.29. The number of imidazole rings is 1. The van der Waals surface area contributed by atoms with Crippen LogP contribution in [0.4, 0.5) is 5.82 Å². The van der Waals surface area contributed by atoms with Crippen molar-refractivity contribution in [1.82, 2.24) is 9.38 Å². The highest BCUT2D eigenvalue weighted by Crippen LogP contribution is 2.24. The van der Waals surface area contributed by atoms with Crippen LogP contribution in [0.25, 0.3) is 5.65 Å². The van der Waals surface area contributed by atoms with Crippen LogP contribution in [0.3, 0.4) is 0 Å². The predicted molar refractivity (Wildman–Crippen MR) is 68.6 cm³/mol. The first-order chi connectivity index (χ1) is 8.79. The largest absolute Gasteiger partial charge is 0.391 e. The molecule has 0 saturated carbocycles. The fraction of sp³-hybridized carbons (Fsp3) is 0.462. The molecule has 2 aromatic rings. The number of fused-ring (bicyclic) bond motifs is 1. The zero-order valence-corrected chi connectivity index (χ0v) is 10.2. The summed E-state index contributed by atoms with van der Waals surface area (Å²) in [6.07, 6.45) is 3.41. The molecule has 2 N–H and O–H groups in total. The Hall–Kier alpha value is -1.59. The van der Waals surface area contributed by atoms with Gasteiger partial charge in [-0.25, -0.2) is 4.98 Å². The lowest BCUT2D eigenvalue weighted by Gasteiger charge is -2.30. The summed E-state index contributed by atoms with van der Waals surface area (Å²) in [4.78, 5) is 6.62. The third-order valence-electron chi connectivity index (χ3n) is 3.45. The number of aromatic nitrogens is 2. The molecule has 1 aliphatic heterocycles. The van der Waals surface area contributed by atoms with Gasteiger partial charge < -0.3 is 15.1 Å². The number of nitrogens with zero attached hydrogens (tertiary/aromatic N) is 3. The van der Waals surface area contributed by atoms with E-state index in [0.717, 1.165) is 36.5 Å². The monoisotopic (exact) mass is 247 g/mol. The highest BCUT2D eigenvalue weighted by Gasteiger charge is 2.23. The fourth-order valence-electron chi connectivity index (χ4n) is 2.58. The van der Waals surface area contributed by atoms with E-state index < -0.39 is 0 Å². The van der Waals surface area contributed by atoms with Gasteiger partial charge in [0.1, 0.15) is 5.65 Å². The number of aliphatic hydroxyl groups excluding tert-OH is 2. The molecule has 0 bridgehead atoms. The average Bonchev–Trinajstić information content (AvgIpc) is 2.77. The summed E-state index contributed by atoms with van der Waals surface area (Å²) >= 11 is 0. The molecular weight excluding hydrogens is 230 g/mol. The number of hydrogen-bond acceptors (Lipinski definition) is 4. The van der Waals surface area contributed by atoms with Gasteiger partial charge in [0.05, 0.1) is 18.4 Å². The third-order valence-corrected chi connectivity index (χ3v) is 3.45. The molecule has 1 saturated heterocycles. The standard InChI is InChI=1S/C13H17N3O2/c17-9-11-13(15-6-3-4-10(18)8-15)14-12-5-1-2-7-16(11)12/h1-2,5,7,10,17-18H,3-4,6,8-9H2. The van der Waals surface area contributed by atoms with Crippen LogP contribution in [0.1, 0.15) is 18.5 Å². The van der Waals surface area contributed by atoms with Gasteiger partial charge in [-0.1, -0.05) is 6.07 Å². The molecule has 96 valence electrons. The summed E-state index contributed by atoms with van der Waals surface area (Å²) in [5, 5.41) is 19.3. The number of rotatable bonds is 2. The molecule has 1 aliphatic rings. The van der Waals surface area contributed by atoms with E-state index >= 15 is 0 Å². The van der Waals surface area contributed by atoms with Crippen molar-refractivity contribution in [3.63, 3.8) is 0 Å². The van der Waals surface area contributed by atoms with Crippen LogP contribution in [-0.4, -0.2) is 38.8 Å². The van der Waals surface area contributed by atoms with Crippen molar-refractivity contribution in [2.75, 3.05) is 18.0 Å². The second kappa shape index (κ2) is 4.59. The molecule has 5 heteroatoms. The summed E-state index contributed by atoms with van der Waals surface area (Å²) in [7, 11) is 0. The summed E-state index contributed by atoms with van der Waals surface area (Å²) in [6, 6.07) is 5.77. The minimum absolute atomic E-state index is 0.0485. The van der Waals surface area contributed by atoms with Gasteiger partial charge in [0.25, 0.3) is 0 Å². The van der Waals surface area contributed by atoms with Gasteiger partial charge in [-0.2, -0.15) is 0 Å². The first-order valence-electron chi connectivity index (χ1n) is 6.29. The van der Waals surface area contributed by atoms with E-state index in [1.54, 1.807) is 0 Å². The fourth-order valence-corrected chi connectivity index (χ4v) is 2.58. The van der Waals surface area contributed by atoms with E-state index in [2.05, 4.69) is 9.88 Å². The van der Waals surface area contributed by atoms with Gasteiger partial charge in [0.15, 0.2) is 5.82 Å². The number of aliphatic hydroxyl groups is 2. The molecule has 3 rings (SSSR count). The van der Waals surface area contributed by atoms with E-state index in [4.69, 9.17) is 0 Å². The van der Waals surface area contributed by atoms with Crippen LogP contribution in [0.5, 0.6) is 0 Å². The third kappa shape index (κ3) is 1.85. The maximum absolute atomic E-state index is 9.74. The topological polar surface area (TPSA) is 61.0 Å². The molecule has 18 heavy (non-hydrogen) atoms. The minimum atomic E-state index is -0.296. The minimum Gasteiger partial charge on any atom is -0.391 e. The Labute approximate surface area is 105 Å². The Morgan fingerprint density at radius 2 is 2.28 bits per heavy atom. The molecule has 3 heterocycles. The van der Waals surface area contributed by atoms with Crippen LogP contribution in [-0.2, 0) is 6.61 Å². The van der Waals surface area contributed by atoms with Crippen molar-refractivity contribution < 1.29 is 10.2 Å². The summed E-state index contributed by atoms with van der Waals surface area (Å²) < 4.78 is 1.90. The smallest absolute Gasteiger partial charge is 0.153 e. The maximum Gasteiger partial charge on any atom is 0.153 e. The number of pyridine rings is 1. The maximum atomic E-state index is 9.74. The molecule has 1 fully saturated rings. The highest BCUT2D eigenvalue weighted by atomic mass is 16.3. The van der Waals surface area contributed by atoms with Crippen LogP contribution in [0.15, 0.2) is 24.4 Å². The van der Waals surface area contributed by atoms with Crippen LogP contribution < -0.4 is 4.90 Å². The molecule has 0 radical (unpaired) electrons. The van der Waals surface area contributed by atoms with E-state index in [1.165, 1.54) is 0 Å². The Morgan fingerprint density at radius 3 is 3.06 bits per heavy atom. The summed E-state index contributed by atoms with van der Waals surface area (Å²) in [6.45, 7) is 1.43. The molecular formula is C13H17N3O2. The molecule has 5 nitrogen and oxygen atoms in total. The predicted octanol–water partition coefficient (Wildman–Crippen LogP) is 0.788. The summed E-state index contributed by atoms with van der Waals surface area (Å²) in [5.41, 5.74) is 1.62. The summed E-state index contributed by atoms with van der Waals surface area (Å²) in [5.74, 6) is 0.794. The molecule has 0 amide bonds. The quantitative estimate of drug-likeness (QED) is 0.823. The lowest BCUT2D eigenvalue weighted by molar-refractivity contribution is 0.153. The highest BCUT2D eigenvalue weighted by molar-refractivity contribution is 5.56. The lowest BCUT2D eigenvalue weighted by Crippen LogP contribution is -2.39. The van der Waals surface area contributed by atoms with E-state index in [1.807, 2.05) is 28.8 Å². The second-order valence-corrected chi connectivity index (χ2v) is 4.71. The van der Waals surface area contributed by atoms with Crippen molar-refractivity contribution in [1.29, 1.82) is 0 Å². The van der Waals surface area contributed by atoms with Gasteiger partial charge >= 0.3 is 0 Å². The second-order valence-electron chi connectivity index (χ2n) is 4.71. The lowest BCUT2D eigenvalue weighted by atomic mass is 10.1. The van der Waals surface area contributed by atoms with Gasteiger partial charge in [0.2, 0.25) is 0 Å². The average molecular weight is 247 g/mol. The molecule has 0 aliphatic carbocycles. The van der Waals surface area contributed by atoms with E-state index in [0.29, 0.717) is 6.54 Å². The van der Waals surface area contributed by atoms with Crippen LogP contribution >= 0.6 is 0 Å². The normalized spacial score (nSPS) is 20.6. The SMILES string of the molecule is OCc1c(N2CCCC(O)C2)nc2ccccn12. The van der Waals surface area contributed by atoms with Crippen molar-refractivity contribution >= 4 is 11.5 Å². The van der Waals surface area contributed by atoms with Crippen molar-refractivity contribution in [2.45, 2.75) is 25.6 Å². The molecule has 1 unspecified atom stereocenters. The number of hydrogen-bond donors (Lipinski definition) is 2. The number of piperidine rings is 1. The molecule has 1 atom stereocenters. The Kier molecular flexibility index (Phi) is 2.93. The van der Waals surface area contributed by atoms with Crippen molar-refractivity contribution in [3.05, 3.63) is 30.1 Å². The van der Waals surface area contributed by atoms with Gasteiger partial charge in [-0.15, -0.1) is 0 Å². The Balaban J connectivity index is 2.05. The van der Waals surface area contributed by atoms with E-state index in [-0.39, 0.29) is 12.7 Å². The zero-order chi connectivity index (χ0) is 12.5.